The minimum absolute atomic E-state index is 0.0520. The van der Waals surface area contributed by atoms with E-state index in [1.54, 1.807) is 0 Å². The quantitative estimate of drug-likeness (QED) is 0.662. The van der Waals surface area contributed by atoms with Crippen LogP contribution in [0.5, 0.6) is 0 Å². The first kappa shape index (κ1) is 18.3. The maximum atomic E-state index is 13.5. The third-order valence-corrected chi connectivity index (χ3v) is 4.10. The van der Waals surface area contributed by atoms with Crippen molar-refractivity contribution in [2.45, 2.75) is 18.4 Å². The third kappa shape index (κ3) is 4.07. The van der Waals surface area contributed by atoms with Crippen molar-refractivity contribution in [3.05, 3.63) is 35.4 Å². The largest absolute Gasteiger partial charge is 0.368 e. The molecule has 1 aliphatic heterocycles. The molecule has 132 valence electrons. The molecule has 0 bridgehead atoms. The van der Waals surface area contributed by atoms with E-state index in [0.717, 1.165) is 12.1 Å². The summed E-state index contributed by atoms with van der Waals surface area (Å²) in [5.41, 5.74) is -1.50. The zero-order valence-electron chi connectivity index (χ0n) is 13.5. The zero-order valence-corrected chi connectivity index (χ0v) is 13.5. The van der Waals surface area contributed by atoms with Gasteiger partial charge in [-0.1, -0.05) is 6.07 Å². The number of hydrogen-bond acceptors (Lipinski definition) is 4. The van der Waals surface area contributed by atoms with Crippen LogP contribution >= 0.6 is 0 Å². The molecule has 1 aromatic carbocycles. The van der Waals surface area contributed by atoms with Crippen LogP contribution in [0.1, 0.15) is 23.2 Å². The highest BCUT2D eigenvalue weighted by molar-refractivity contribution is 5.94. The predicted molar refractivity (Wildman–Crippen MR) is 83.5 cm³/mol. The number of halogens is 2. The second-order valence-electron chi connectivity index (χ2n) is 5.56. The second-order valence-corrected chi connectivity index (χ2v) is 5.56. The number of piperidine rings is 1. The van der Waals surface area contributed by atoms with Gasteiger partial charge in [0.1, 0.15) is 22.8 Å². The van der Waals surface area contributed by atoms with Crippen LogP contribution in [0.2, 0.25) is 0 Å². The summed E-state index contributed by atoms with van der Waals surface area (Å²) in [6.07, 6.45) is 1.12. The van der Waals surface area contributed by atoms with E-state index in [0.29, 0.717) is 25.9 Å². The molecule has 1 aromatic rings. The number of rotatable bonds is 6. The van der Waals surface area contributed by atoms with Crippen LogP contribution in [0.25, 0.3) is 0 Å². The van der Waals surface area contributed by atoms with Gasteiger partial charge in [0, 0.05) is 20.2 Å². The van der Waals surface area contributed by atoms with E-state index < -0.39 is 28.7 Å². The summed E-state index contributed by atoms with van der Waals surface area (Å²) in [6, 6.07) is 3.21. The van der Waals surface area contributed by atoms with Crippen molar-refractivity contribution in [1.29, 1.82) is 0 Å². The van der Waals surface area contributed by atoms with Crippen LogP contribution in [0.4, 0.5) is 8.78 Å². The number of methoxy groups -OCH3 is 1. The van der Waals surface area contributed by atoms with Gasteiger partial charge in [0.15, 0.2) is 0 Å². The average Bonchev–Trinajstić information content (AvgIpc) is 2.59. The summed E-state index contributed by atoms with van der Waals surface area (Å²) in [7, 11) is 1.49. The van der Waals surface area contributed by atoms with Crippen molar-refractivity contribution in [1.82, 2.24) is 16.0 Å². The van der Waals surface area contributed by atoms with E-state index in [1.165, 1.54) is 13.2 Å². The summed E-state index contributed by atoms with van der Waals surface area (Å²) in [4.78, 5) is 24.1. The van der Waals surface area contributed by atoms with E-state index in [1.807, 2.05) is 0 Å². The Morgan fingerprint density at radius 1 is 1.17 bits per heavy atom. The Hall–Kier alpha value is -2.06. The van der Waals surface area contributed by atoms with Gasteiger partial charge in [0.2, 0.25) is 0 Å². The molecule has 1 aliphatic rings. The van der Waals surface area contributed by atoms with Crippen LogP contribution in [0.3, 0.4) is 0 Å². The summed E-state index contributed by atoms with van der Waals surface area (Å²) in [5.74, 6) is -2.96. The fraction of sp³-hybridized carbons (Fsp3) is 0.500. The van der Waals surface area contributed by atoms with Gasteiger partial charge in [-0.15, -0.1) is 0 Å². The SMILES string of the molecule is COC1(C(=O)NCCNC(=O)c2c(F)cccc2F)CCNCC1. The first-order chi connectivity index (χ1) is 11.5. The van der Waals surface area contributed by atoms with Gasteiger partial charge in [-0.2, -0.15) is 0 Å². The summed E-state index contributed by atoms with van der Waals surface area (Å²) in [6.45, 7) is 1.56. The first-order valence-electron chi connectivity index (χ1n) is 7.76. The number of nitrogens with one attached hydrogen (secondary N) is 3. The second kappa shape index (κ2) is 8.16. The molecule has 0 saturated carbocycles. The van der Waals surface area contributed by atoms with E-state index in [4.69, 9.17) is 4.74 Å². The molecule has 6 nitrogen and oxygen atoms in total. The number of carbonyl (C=O) groups is 2. The Kier molecular flexibility index (Phi) is 6.22. The fourth-order valence-corrected chi connectivity index (χ4v) is 2.67. The van der Waals surface area contributed by atoms with Crippen molar-refractivity contribution < 1.29 is 23.1 Å². The molecular weight excluding hydrogens is 320 g/mol. The van der Waals surface area contributed by atoms with E-state index in [-0.39, 0.29) is 19.0 Å². The zero-order chi connectivity index (χ0) is 17.6. The van der Waals surface area contributed by atoms with Crippen LogP contribution in [-0.2, 0) is 9.53 Å². The molecule has 0 aliphatic carbocycles. The van der Waals surface area contributed by atoms with Crippen molar-refractivity contribution in [2.75, 3.05) is 33.3 Å². The van der Waals surface area contributed by atoms with Gasteiger partial charge in [0.05, 0.1) is 0 Å². The van der Waals surface area contributed by atoms with Crippen LogP contribution in [0, 0.1) is 11.6 Å². The maximum absolute atomic E-state index is 13.5. The summed E-state index contributed by atoms with van der Waals surface area (Å²) in [5, 5.41) is 8.22. The number of benzene rings is 1. The molecule has 2 rings (SSSR count). The highest BCUT2D eigenvalue weighted by Gasteiger charge is 2.39. The molecule has 8 heteroatoms. The van der Waals surface area contributed by atoms with Gasteiger partial charge in [-0.3, -0.25) is 9.59 Å². The van der Waals surface area contributed by atoms with Gasteiger partial charge in [0.25, 0.3) is 11.8 Å². The van der Waals surface area contributed by atoms with Crippen molar-refractivity contribution >= 4 is 11.8 Å². The lowest BCUT2D eigenvalue weighted by molar-refractivity contribution is -0.146. The Morgan fingerprint density at radius 3 is 2.33 bits per heavy atom. The molecule has 0 spiro atoms. The average molecular weight is 341 g/mol. The lowest BCUT2D eigenvalue weighted by atomic mass is 9.91. The monoisotopic (exact) mass is 341 g/mol. The molecule has 0 aromatic heterocycles. The molecular formula is C16H21F2N3O3. The Balaban J connectivity index is 1.82. The highest BCUT2D eigenvalue weighted by Crippen LogP contribution is 2.22. The van der Waals surface area contributed by atoms with Crippen molar-refractivity contribution in [2.24, 2.45) is 0 Å². The number of amides is 2. The maximum Gasteiger partial charge on any atom is 0.257 e. The fourth-order valence-electron chi connectivity index (χ4n) is 2.67. The minimum Gasteiger partial charge on any atom is -0.368 e. The molecule has 0 radical (unpaired) electrons. The van der Waals surface area contributed by atoms with Crippen LogP contribution in [-0.4, -0.2) is 50.7 Å². The third-order valence-electron chi connectivity index (χ3n) is 4.10. The molecule has 0 unspecified atom stereocenters. The lowest BCUT2D eigenvalue weighted by Crippen LogP contribution is -2.55. The van der Waals surface area contributed by atoms with Crippen molar-refractivity contribution in [3.8, 4) is 0 Å². The molecule has 1 saturated heterocycles. The first-order valence-corrected chi connectivity index (χ1v) is 7.76. The normalized spacial score (nSPS) is 16.5. The van der Waals surface area contributed by atoms with Gasteiger partial charge in [-0.25, -0.2) is 8.78 Å². The summed E-state index contributed by atoms with van der Waals surface area (Å²) < 4.78 is 32.3. The van der Waals surface area contributed by atoms with Crippen molar-refractivity contribution in [3.63, 3.8) is 0 Å². The molecule has 1 fully saturated rings. The standard InChI is InChI=1S/C16H21F2N3O3/c1-24-16(5-7-19-8-6-16)15(23)21-10-9-20-14(22)13-11(17)3-2-4-12(13)18/h2-4,19H,5-10H2,1H3,(H,20,22)(H,21,23). The molecule has 2 amide bonds. The highest BCUT2D eigenvalue weighted by atomic mass is 19.1. The van der Waals surface area contributed by atoms with E-state index >= 15 is 0 Å². The predicted octanol–water partition coefficient (Wildman–Crippen LogP) is 0.579. The number of ether oxygens (including phenoxy) is 1. The Morgan fingerprint density at radius 2 is 1.75 bits per heavy atom. The van der Waals surface area contributed by atoms with Gasteiger partial charge < -0.3 is 20.7 Å². The molecule has 24 heavy (non-hydrogen) atoms. The van der Waals surface area contributed by atoms with Gasteiger partial charge >= 0.3 is 0 Å². The smallest absolute Gasteiger partial charge is 0.257 e. The topological polar surface area (TPSA) is 79.5 Å². The Bertz CT molecular complexity index is 584. The molecule has 1 heterocycles. The van der Waals surface area contributed by atoms with Crippen LogP contribution < -0.4 is 16.0 Å². The van der Waals surface area contributed by atoms with E-state index in [2.05, 4.69) is 16.0 Å². The minimum atomic E-state index is -0.926. The molecule has 3 N–H and O–H groups in total. The molecule has 0 atom stereocenters. The number of hydrogen-bond donors (Lipinski definition) is 3. The lowest BCUT2D eigenvalue weighted by Gasteiger charge is -2.34. The van der Waals surface area contributed by atoms with Crippen LogP contribution in [0.15, 0.2) is 18.2 Å². The number of carbonyl (C=O) groups excluding carboxylic acids is 2. The Labute approximate surface area is 138 Å². The van der Waals surface area contributed by atoms with E-state index in [9.17, 15) is 18.4 Å². The summed E-state index contributed by atoms with van der Waals surface area (Å²) >= 11 is 0. The van der Waals surface area contributed by atoms with Gasteiger partial charge in [-0.05, 0) is 38.1 Å².